The van der Waals surface area contributed by atoms with E-state index in [0.29, 0.717) is 18.2 Å². The summed E-state index contributed by atoms with van der Waals surface area (Å²) >= 11 is 0. The molecular formula is C20H28N6O4. The van der Waals surface area contributed by atoms with Crippen LogP contribution in [-0.2, 0) is 20.6 Å². The SMILES string of the molecule is CN(C)CCNc1nc2c(c(=O)n(C)c(=O)n2C)n1CC(O)COc1ccccc1. The summed E-state index contributed by atoms with van der Waals surface area (Å²) in [6.07, 6.45) is -0.890. The van der Waals surface area contributed by atoms with Crippen LogP contribution < -0.4 is 21.3 Å². The highest BCUT2D eigenvalue weighted by molar-refractivity contribution is 5.74. The monoisotopic (exact) mass is 416 g/mol. The molecule has 0 amide bonds. The van der Waals surface area contributed by atoms with Crippen molar-refractivity contribution in [3.8, 4) is 5.75 Å². The van der Waals surface area contributed by atoms with Crippen LogP contribution in [0.25, 0.3) is 11.2 Å². The molecule has 0 spiro atoms. The molecular weight excluding hydrogens is 388 g/mol. The van der Waals surface area contributed by atoms with Gasteiger partial charge in [-0.05, 0) is 26.2 Å². The summed E-state index contributed by atoms with van der Waals surface area (Å²) in [4.78, 5) is 31.6. The summed E-state index contributed by atoms with van der Waals surface area (Å²) in [6.45, 7) is 1.47. The summed E-state index contributed by atoms with van der Waals surface area (Å²) in [6, 6.07) is 9.19. The number of fused-ring (bicyclic) bond motifs is 1. The van der Waals surface area contributed by atoms with Crippen LogP contribution in [0, 0.1) is 0 Å². The topological polar surface area (TPSA) is 107 Å². The smallest absolute Gasteiger partial charge is 0.332 e. The van der Waals surface area contributed by atoms with Crippen LogP contribution in [0.3, 0.4) is 0 Å². The lowest BCUT2D eigenvalue weighted by Gasteiger charge is -2.17. The number of hydrogen-bond acceptors (Lipinski definition) is 7. The van der Waals surface area contributed by atoms with E-state index in [1.807, 2.05) is 37.2 Å². The molecule has 3 aromatic rings. The van der Waals surface area contributed by atoms with Crippen molar-refractivity contribution in [3.05, 3.63) is 51.2 Å². The Morgan fingerprint density at radius 3 is 2.53 bits per heavy atom. The first-order valence-electron chi connectivity index (χ1n) is 9.70. The normalized spacial score (nSPS) is 12.5. The third-order valence-electron chi connectivity index (χ3n) is 4.77. The second-order valence-corrected chi connectivity index (χ2v) is 7.43. The molecule has 2 N–H and O–H groups in total. The lowest BCUT2D eigenvalue weighted by Crippen LogP contribution is -2.38. The number of hydrogen-bond donors (Lipinski definition) is 2. The van der Waals surface area contributed by atoms with Gasteiger partial charge >= 0.3 is 5.69 Å². The number of anilines is 1. The second-order valence-electron chi connectivity index (χ2n) is 7.43. The van der Waals surface area contributed by atoms with Crippen LogP contribution in [0.15, 0.2) is 39.9 Å². The average Bonchev–Trinajstić information content (AvgIpc) is 3.08. The fourth-order valence-electron chi connectivity index (χ4n) is 3.12. The van der Waals surface area contributed by atoms with Crippen molar-refractivity contribution in [1.82, 2.24) is 23.6 Å². The Morgan fingerprint density at radius 1 is 1.17 bits per heavy atom. The molecule has 10 heteroatoms. The summed E-state index contributed by atoms with van der Waals surface area (Å²) in [5.74, 6) is 1.07. The highest BCUT2D eigenvalue weighted by Gasteiger charge is 2.21. The number of benzene rings is 1. The molecule has 0 fully saturated rings. The Balaban J connectivity index is 1.93. The number of para-hydroxylation sites is 1. The molecule has 162 valence electrons. The predicted molar refractivity (Wildman–Crippen MR) is 115 cm³/mol. The summed E-state index contributed by atoms with van der Waals surface area (Å²) in [5.41, 5.74) is -0.389. The molecule has 1 unspecified atom stereocenters. The molecule has 3 rings (SSSR count). The van der Waals surface area contributed by atoms with Gasteiger partial charge in [-0.15, -0.1) is 0 Å². The van der Waals surface area contributed by atoms with Crippen molar-refractivity contribution in [2.75, 3.05) is 39.1 Å². The molecule has 0 aliphatic carbocycles. The number of aromatic nitrogens is 4. The van der Waals surface area contributed by atoms with Gasteiger partial charge in [0.15, 0.2) is 11.2 Å². The first-order valence-corrected chi connectivity index (χ1v) is 9.70. The first-order chi connectivity index (χ1) is 14.3. The van der Waals surface area contributed by atoms with E-state index >= 15 is 0 Å². The van der Waals surface area contributed by atoms with Gasteiger partial charge in [-0.2, -0.15) is 4.98 Å². The molecule has 0 radical (unpaired) electrons. The van der Waals surface area contributed by atoms with Crippen LogP contribution in [-0.4, -0.2) is 68.6 Å². The van der Waals surface area contributed by atoms with Crippen molar-refractivity contribution in [2.24, 2.45) is 14.1 Å². The van der Waals surface area contributed by atoms with Crippen LogP contribution in [0.1, 0.15) is 0 Å². The second kappa shape index (κ2) is 9.14. The number of aliphatic hydroxyl groups is 1. The van der Waals surface area contributed by atoms with E-state index in [9.17, 15) is 14.7 Å². The molecule has 0 aliphatic heterocycles. The van der Waals surface area contributed by atoms with Gasteiger partial charge < -0.3 is 24.6 Å². The van der Waals surface area contributed by atoms with Crippen LogP contribution in [0.4, 0.5) is 5.95 Å². The van der Waals surface area contributed by atoms with Gasteiger partial charge in [0.05, 0.1) is 6.54 Å². The number of aliphatic hydroxyl groups excluding tert-OH is 1. The van der Waals surface area contributed by atoms with Crippen molar-refractivity contribution in [2.45, 2.75) is 12.6 Å². The fraction of sp³-hybridized carbons (Fsp3) is 0.450. The van der Waals surface area contributed by atoms with Crippen molar-refractivity contribution in [3.63, 3.8) is 0 Å². The molecule has 0 saturated heterocycles. The first kappa shape index (κ1) is 21.6. The number of likely N-dealkylation sites (N-methyl/N-ethyl adjacent to an activating group) is 1. The molecule has 0 saturated carbocycles. The van der Waals surface area contributed by atoms with Crippen molar-refractivity contribution in [1.29, 1.82) is 0 Å². The molecule has 1 atom stereocenters. The molecule has 2 heterocycles. The Hall–Kier alpha value is -3.11. The Morgan fingerprint density at radius 2 is 1.87 bits per heavy atom. The van der Waals surface area contributed by atoms with E-state index in [0.717, 1.165) is 11.1 Å². The maximum absolute atomic E-state index is 12.8. The highest BCUT2D eigenvalue weighted by Crippen LogP contribution is 2.17. The zero-order valence-electron chi connectivity index (χ0n) is 17.7. The predicted octanol–water partition coefficient (Wildman–Crippen LogP) is -0.153. The van der Waals surface area contributed by atoms with Crippen LogP contribution in [0.2, 0.25) is 0 Å². The van der Waals surface area contributed by atoms with E-state index in [1.165, 1.54) is 11.6 Å². The van der Waals surface area contributed by atoms with E-state index < -0.39 is 17.4 Å². The van der Waals surface area contributed by atoms with Gasteiger partial charge in [-0.3, -0.25) is 13.9 Å². The van der Waals surface area contributed by atoms with E-state index in [2.05, 4.69) is 10.3 Å². The Labute approximate surface area is 173 Å². The van der Waals surface area contributed by atoms with Gasteiger partial charge in [0.1, 0.15) is 18.5 Å². The number of rotatable bonds is 9. The molecule has 10 nitrogen and oxygen atoms in total. The van der Waals surface area contributed by atoms with E-state index in [-0.39, 0.29) is 24.3 Å². The number of nitrogens with one attached hydrogen (secondary N) is 1. The van der Waals surface area contributed by atoms with Gasteiger partial charge in [0.2, 0.25) is 5.95 Å². The van der Waals surface area contributed by atoms with Gasteiger partial charge in [0, 0.05) is 27.2 Å². The minimum absolute atomic E-state index is 0.0485. The molecule has 30 heavy (non-hydrogen) atoms. The summed E-state index contributed by atoms with van der Waals surface area (Å²) in [7, 11) is 6.90. The number of nitrogens with zero attached hydrogens (tertiary/aromatic N) is 5. The maximum atomic E-state index is 12.8. The molecule has 0 bridgehead atoms. The Bertz CT molecular complexity index is 1120. The number of imidazole rings is 1. The fourth-order valence-corrected chi connectivity index (χ4v) is 3.12. The van der Waals surface area contributed by atoms with Gasteiger partial charge in [0.25, 0.3) is 5.56 Å². The van der Waals surface area contributed by atoms with Crippen molar-refractivity contribution < 1.29 is 9.84 Å². The van der Waals surface area contributed by atoms with Crippen LogP contribution >= 0.6 is 0 Å². The number of ether oxygens (including phenoxy) is 1. The van der Waals surface area contributed by atoms with E-state index in [1.54, 1.807) is 23.7 Å². The lowest BCUT2D eigenvalue weighted by atomic mass is 10.3. The average molecular weight is 416 g/mol. The Kier molecular flexibility index (Phi) is 6.58. The largest absolute Gasteiger partial charge is 0.491 e. The van der Waals surface area contributed by atoms with Gasteiger partial charge in [-0.1, -0.05) is 18.2 Å². The van der Waals surface area contributed by atoms with E-state index in [4.69, 9.17) is 4.74 Å². The van der Waals surface area contributed by atoms with Gasteiger partial charge in [-0.25, -0.2) is 4.79 Å². The third kappa shape index (κ3) is 4.55. The summed E-state index contributed by atoms with van der Waals surface area (Å²) < 4.78 is 9.61. The molecule has 2 aromatic heterocycles. The maximum Gasteiger partial charge on any atom is 0.332 e. The highest BCUT2D eigenvalue weighted by atomic mass is 16.5. The quantitative estimate of drug-likeness (QED) is 0.500. The zero-order chi connectivity index (χ0) is 21.8. The van der Waals surface area contributed by atoms with Crippen LogP contribution in [0.5, 0.6) is 5.75 Å². The standard InChI is InChI=1S/C20H28N6O4/c1-23(2)11-10-21-19-22-17-16(18(28)25(4)20(29)24(17)3)26(19)12-14(27)13-30-15-8-6-5-7-9-15/h5-9,14,27H,10-13H2,1-4H3,(H,21,22). The summed E-state index contributed by atoms with van der Waals surface area (Å²) in [5, 5.41) is 13.8. The lowest BCUT2D eigenvalue weighted by molar-refractivity contribution is 0.0938. The molecule has 0 aliphatic rings. The minimum atomic E-state index is -0.890. The minimum Gasteiger partial charge on any atom is -0.491 e. The molecule has 1 aromatic carbocycles. The third-order valence-corrected chi connectivity index (χ3v) is 4.77. The van der Waals surface area contributed by atoms with Crippen molar-refractivity contribution >= 4 is 17.1 Å². The zero-order valence-corrected chi connectivity index (χ0v) is 17.7. The number of aryl methyl sites for hydroxylation is 1.